The van der Waals surface area contributed by atoms with Gasteiger partial charge in [0.1, 0.15) is 5.75 Å². The Morgan fingerprint density at radius 1 is 1.37 bits per heavy atom. The number of carbonyl (C=O) groups is 1. The smallest absolute Gasteiger partial charge is 0.249 e. The van der Waals surface area contributed by atoms with Crippen LogP contribution >= 0.6 is 0 Å². The monoisotopic (exact) mass is 263 g/mol. The summed E-state index contributed by atoms with van der Waals surface area (Å²) in [4.78, 5) is 17.2. The maximum atomic E-state index is 11.9. The van der Waals surface area contributed by atoms with Crippen molar-refractivity contribution in [2.45, 2.75) is 33.1 Å². The van der Waals surface area contributed by atoms with Gasteiger partial charge in [0, 0.05) is 6.54 Å². The molecule has 4 heteroatoms. The van der Waals surface area contributed by atoms with Gasteiger partial charge in [-0.25, -0.2) is 5.06 Å². The number of amides is 1. The van der Waals surface area contributed by atoms with E-state index in [2.05, 4.69) is 6.07 Å². The Hall–Kier alpha value is -1.55. The molecule has 19 heavy (non-hydrogen) atoms. The summed E-state index contributed by atoms with van der Waals surface area (Å²) in [7, 11) is 0. The lowest BCUT2D eigenvalue weighted by Crippen LogP contribution is -2.36. The number of hydrogen-bond donors (Lipinski definition) is 0. The van der Waals surface area contributed by atoms with Gasteiger partial charge >= 0.3 is 0 Å². The van der Waals surface area contributed by atoms with Crippen LogP contribution in [-0.2, 0) is 9.63 Å². The molecule has 1 fully saturated rings. The first-order chi connectivity index (χ1) is 9.16. The standard InChI is InChI=1S/C15H21NO3/c1-12-5-6-13(2)14(11-12)18-10-7-15(17)16-8-3-4-9-19-16/h5-6,11H,3-4,7-10H2,1-2H3. The van der Waals surface area contributed by atoms with Crippen LogP contribution in [0.3, 0.4) is 0 Å². The molecule has 1 saturated heterocycles. The second-order valence-corrected chi connectivity index (χ2v) is 4.90. The number of nitrogens with zero attached hydrogens (tertiary/aromatic N) is 1. The lowest BCUT2D eigenvalue weighted by molar-refractivity contribution is -0.197. The summed E-state index contributed by atoms with van der Waals surface area (Å²) < 4.78 is 5.68. The average molecular weight is 263 g/mol. The average Bonchev–Trinajstić information content (AvgIpc) is 2.43. The Kier molecular flexibility index (Phi) is 4.80. The van der Waals surface area contributed by atoms with Gasteiger partial charge in [-0.3, -0.25) is 9.63 Å². The molecular formula is C15H21NO3. The first-order valence-corrected chi connectivity index (χ1v) is 6.80. The van der Waals surface area contributed by atoms with E-state index in [1.54, 1.807) is 0 Å². The number of carbonyl (C=O) groups excluding carboxylic acids is 1. The third-order valence-corrected chi connectivity index (χ3v) is 3.20. The number of aryl methyl sites for hydroxylation is 2. The van der Waals surface area contributed by atoms with Crippen molar-refractivity contribution >= 4 is 5.91 Å². The summed E-state index contributed by atoms with van der Waals surface area (Å²) in [5.74, 6) is 0.859. The van der Waals surface area contributed by atoms with Gasteiger partial charge in [0.2, 0.25) is 5.91 Å². The van der Waals surface area contributed by atoms with E-state index < -0.39 is 0 Å². The summed E-state index contributed by atoms with van der Waals surface area (Å²) in [6.07, 6.45) is 2.40. The molecule has 1 aliphatic rings. The minimum atomic E-state index is 0.00464. The fourth-order valence-corrected chi connectivity index (χ4v) is 2.03. The Bertz CT molecular complexity index is 439. The van der Waals surface area contributed by atoms with E-state index >= 15 is 0 Å². The minimum Gasteiger partial charge on any atom is -0.493 e. The highest BCUT2D eigenvalue weighted by molar-refractivity contribution is 5.75. The van der Waals surface area contributed by atoms with E-state index in [0.717, 1.165) is 29.7 Å². The number of hydrogen-bond acceptors (Lipinski definition) is 3. The lowest BCUT2D eigenvalue weighted by atomic mass is 10.1. The number of rotatable bonds is 4. The highest BCUT2D eigenvalue weighted by Gasteiger charge is 2.17. The molecule has 1 aromatic rings. The molecule has 1 aliphatic heterocycles. The molecule has 104 valence electrons. The van der Waals surface area contributed by atoms with Gasteiger partial charge in [-0.05, 0) is 43.9 Å². The highest BCUT2D eigenvalue weighted by atomic mass is 16.7. The van der Waals surface area contributed by atoms with E-state index in [1.807, 2.05) is 26.0 Å². The maximum absolute atomic E-state index is 11.9. The molecule has 0 N–H and O–H groups in total. The topological polar surface area (TPSA) is 38.8 Å². The third kappa shape index (κ3) is 3.96. The zero-order chi connectivity index (χ0) is 13.7. The molecule has 0 aromatic heterocycles. The fraction of sp³-hybridized carbons (Fsp3) is 0.533. The summed E-state index contributed by atoms with van der Waals surface area (Å²) in [6, 6.07) is 6.08. The van der Waals surface area contributed by atoms with Crippen molar-refractivity contribution in [1.29, 1.82) is 0 Å². The predicted molar refractivity (Wildman–Crippen MR) is 72.9 cm³/mol. The lowest BCUT2D eigenvalue weighted by Gasteiger charge is -2.25. The van der Waals surface area contributed by atoms with Crippen LogP contribution in [0, 0.1) is 13.8 Å². The number of benzene rings is 1. The van der Waals surface area contributed by atoms with Crippen molar-refractivity contribution in [3.63, 3.8) is 0 Å². The normalized spacial score (nSPS) is 15.4. The largest absolute Gasteiger partial charge is 0.493 e. The van der Waals surface area contributed by atoms with Crippen LogP contribution in [-0.4, -0.2) is 30.7 Å². The van der Waals surface area contributed by atoms with Crippen LogP contribution < -0.4 is 4.74 Å². The quantitative estimate of drug-likeness (QED) is 0.838. The van der Waals surface area contributed by atoms with Crippen molar-refractivity contribution < 1.29 is 14.4 Å². The summed E-state index contributed by atoms with van der Waals surface area (Å²) in [5, 5.41) is 1.47. The summed E-state index contributed by atoms with van der Waals surface area (Å²) >= 11 is 0. The summed E-state index contributed by atoms with van der Waals surface area (Å²) in [6.45, 7) is 5.76. The molecule has 1 amide bonds. The molecule has 0 saturated carbocycles. The van der Waals surface area contributed by atoms with Crippen molar-refractivity contribution in [3.05, 3.63) is 29.3 Å². The van der Waals surface area contributed by atoms with Crippen LogP contribution in [0.5, 0.6) is 5.75 Å². The Morgan fingerprint density at radius 2 is 2.21 bits per heavy atom. The highest BCUT2D eigenvalue weighted by Crippen LogP contribution is 2.19. The third-order valence-electron chi connectivity index (χ3n) is 3.20. The second kappa shape index (κ2) is 6.57. The maximum Gasteiger partial charge on any atom is 0.249 e. The van der Waals surface area contributed by atoms with Crippen LogP contribution in [0.25, 0.3) is 0 Å². The van der Waals surface area contributed by atoms with Gasteiger partial charge in [0.05, 0.1) is 19.6 Å². The van der Waals surface area contributed by atoms with Crippen molar-refractivity contribution in [2.75, 3.05) is 19.8 Å². The Morgan fingerprint density at radius 3 is 2.95 bits per heavy atom. The summed E-state index contributed by atoms with van der Waals surface area (Å²) in [5.41, 5.74) is 2.25. The van der Waals surface area contributed by atoms with E-state index in [9.17, 15) is 4.79 Å². The Labute approximate surface area is 114 Å². The fourth-order valence-electron chi connectivity index (χ4n) is 2.03. The van der Waals surface area contributed by atoms with Crippen molar-refractivity contribution in [1.82, 2.24) is 5.06 Å². The first kappa shape index (κ1) is 13.9. The molecule has 0 aliphatic carbocycles. The van der Waals surface area contributed by atoms with E-state index in [0.29, 0.717) is 26.2 Å². The molecule has 0 atom stereocenters. The van der Waals surface area contributed by atoms with Crippen LogP contribution in [0.4, 0.5) is 0 Å². The van der Waals surface area contributed by atoms with E-state index in [-0.39, 0.29) is 5.91 Å². The molecule has 1 aromatic carbocycles. The van der Waals surface area contributed by atoms with Gasteiger partial charge in [-0.15, -0.1) is 0 Å². The van der Waals surface area contributed by atoms with Gasteiger partial charge < -0.3 is 4.74 Å². The van der Waals surface area contributed by atoms with Crippen LogP contribution in [0.15, 0.2) is 18.2 Å². The second-order valence-electron chi connectivity index (χ2n) is 4.90. The van der Waals surface area contributed by atoms with Gasteiger partial charge in [-0.1, -0.05) is 12.1 Å². The molecule has 0 bridgehead atoms. The van der Waals surface area contributed by atoms with Gasteiger partial charge in [-0.2, -0.15) is 0 Å². The van der Waals surface area contributed by atoms with Crippen molar-refractivity contribution in [3.8, 4) is 5.75 Å². The molecule has 1 heterocycles. The molecule has 4 nitrogen and oxygen atoms in total. The Balaban J connectivity index is 1.79. The van der Waals surface area contributed by atoms with Gasteiger partial charge in [0.15, 0.2) is 0 Å². The SMILES string of the molecule is Cc1ccc(C)c(OCCC(=O)N2CCCCO2)c1. The zero-order valence-corrected chi connectivity index (χ0v) is 11.6. The zero-order valence-electron chi connectivity index (χ0n) is 11.6. The number of ether oxygens (including phenoxy) is 1. The molecular weight excluding hydrogens is 242 g/mol. The minimum absolute atomic E-state index is 0.00464. The number of hydroxylamine groups is 2. The van der Waals surface area contributed by atoms with Crippen LogP contribution in [0.1, 0.15) is 30.4 Å². The molecule has 0 unspecified atom stereocenters. The van der Waals surface area contributed by atoms with Gasteiger partial charge in [0.25, 0.3) is 0 Å². The van der Waals surface area contributed by atoms with Crippen LogP contribution in [0.2, 0.25) is 0 Å². The first-order valence-electron chi connectivity index (χ1n) is 6.80. The predicted octanol–water partition coefficient (Wildman–Crippen LogP) is 2.63. The van der Waals surface area contributed by atoms with Crippen molar-refractivity contribution in [2.24, 2.45) is 0 Å². The van der Waals surface area contributed by atoms with E-state index in [4.69, 9.17) is 9.57 Å². The molecule has 2 rings (SSSR count). The molecule has 0 radical (unpaired) electrons. The molecule has 0 spiro atoms. The van der Waals surface area contributed by atoms with E-state index in [1.165, 1.54) is 5.06 Å².